The summed E-state index contributed by atoms with van der Waals surface area (Å²) in [7, 11) is 0. The van der Waals surface area contributed by atoms with Gasteiger partial charge < -0.3 is 4.90 Å². The van der Waals surface area contributed by atoms with Gasteiger partial charge in [0.1, 0.15) is 11.0 Å². The average Bonchev–Trinajstić information content (AvgIpc) is 3.00. The maximum atomic E-state index is 12.8. The smallest absolute Gasteiger partial charge is 0.254 e. The van der Waals surface area contributed by atoms with Gasteiger partial charge in [-0.3, -0.25) is 4.79 Å². The Balaban J connectivity index is 1.68. The Hall–Kier alpha value is -1.75. The highest BCUT2D eigenvalue weighted by Crippen LogP contribution is 2.38. The van der Waals surface area contributed by atoms with E-state index in [0.717, 1.165) is 42.3 Å². The molecule has 5 heteroatoms. The summed E-state index contributed by atoms with van der Waals surface area (Å²) in [5.74, 6) is 0.139. The number of benzene rings is 1. The highest BCUT2D eigenvalue weighted by atomic mass is 32.1. The first kappa shape index (κ1) is 12.0. The summed E-state index contributed by atoms with van der Waals surface area (Å²) in [6, 6.07) is 6.31. The standard InChI is InChI=1S/C15H15N3OS/c1-9-6-11-3-4-12(7-9)18(11)15(19)10-2-5-13-14(8-10)17-20-16-13/h2,5,8,11-12H,1,3-4,6-7H2. The summed E-state index contributed by atoms with van der Waals surface area (Å²) < 4.78 is 8.40. The van der Waals surface area contributed by atoms with Crippen molar-refractivity contribution in [1.29, 1.82) is 0 Å². The van der Waals surface area contributed by atoms with Gasteiger partial charge in [0.05, 0.1) is 11.7 Å². The van der Waals surface area contributed by atoms with Crippen LogP contribution in [0.5, 0.6) is 0 Å². The predicted molar refractivity (Wildman–Crippen MR) is 78.8 cm³/mol. The van der Waals surface area contributed by atoms with E-state index in [1.807, 2.05) is 18.2 Å². The normalized spacial score (nSPS) is 25.4. The van der Waals surface area contributed by atoms with Crippen LogP contribution in [0.1, 0.15) is 36.0 Å². The average molecular weight is 285 g/mol. The van der Waals surface area contributed by atoms with Gasteiger partial charge in [0.15, 0.2) is 0 Å². The van der Waals surface area contributed by atoms with Gasteiger partial charge in [-0.2, -0.15) is 8.75 Å². The van der Waals surface area contributed by atoms with Crippen LogP contribution in [-0.4, -0.2) is 31.6 Å². The summed E-state index contributed by atoms with van der Waals surface area (Å²) in [5, 5.41) is 0. The molecule has 2 aliphatic rings. The van der Waals surface area contributed by atoms with Crippen molar-refractivity contribution in [3.8, 4) is 0 Å². The molecule has 20 heavy (non-hydrogen) atoms. The fourth-order valence-electron chi connectivity index (χ4n) is 3.51. The van der Waals surface area contributed by atoms with Crippen molar-refractivity contribution in [3.63, 3.8) is 0 Å². The van der Waals surface area contributed by atoms with E-state index in [-0.39, 0.29) is 5.91 Å². The SMILES string of the molecule is C=C1CC2CCC(C1)N2C(=O)c1ccc2nsnc2c1. The minimum atomic E-state index is 0.139. The predicted octanol–water partition coefficient (Wildman–Crippen LogP) is 3.01. The molecule has 0 aliphatic carbocycles. The number of nitrogens with zero attached hydrogens (tertiary/aromatic N) is 3. The number of rotatable bonds is 1. The van der Waals surface area contributed by atoms with Crippen LogP contribution in [0.15, 0.2) is 30.4 Å². The highest BCUT2D eigenvalue weighted by Gasteiger charge is 2.40. The zero-order chi connectivity index (χ0) is 13.7. The van der Waals surface area contributed by atoms with E-state index in [4.69, 9.17) is 0 Å². The Morgan fingerprint density at radius 3 is 2.65 bits per heavy atom. The van der Waals surface area contributed by atoms with Gasteiger partial charge in [0.25, 0.3) is 5.91 Å². The summed E-state index contributed by atoms with van der Waals surface area (Å²) >= 11 is 1.19. The van der Waals surface area contributed by atoms with Crippen molar-refractivity contribution in [2.75, 3.05) is 0 Å². The number of carbonyl (C=O) groups excluding carboxylic acids is 1. The zero-order valence-electron chi connectivity index (χ0n) is 11.1. The molecule has 1 aromatic carbocycles. The fourth-order valence-corrected chi connectivity index (χ4v) is 4.02. The molecule has 2 atom stereocenters. The summed E-state index contributed by atoms with van der Waals surface area (Å²) in [6.07, 6.45) is 4.14. The van der Waals surface area contributed by atoms with Gasteiger partial charge >= 0.3 is 0 Å². The molecule has 2 bridgehead atoms. The summed E-state index contributed by atoms with van der Waals surface area (Å²) in [6.45, 7) is 4.10. The molecule has 0 radical (unpaired) electrons. The number of hydrogen-bond donors (Lipinski definition) is 0. The molecule has 3 heterocycles. The maximum Gasteiger partial charge on any atom is 0.254 e. The Kier molecular flexibility index (Phi) is 2.63. The molecule has 2 aromatic rings. The first-order valence-corrected chi connectivity index (χ1v) is 7.67. The number of carbonyl (C=O) groups is 1. The maximum absolute atomic E-state index is 12.8. The topological polar surface area (TPSA) is 46.1 Å². The second-order valence-corrected chi connectivity index (χ2v) is 6.25. The van der Waals surface area contributed by atoms with E-state index in [9.17, 15) is 4.79 Å². The van der Waals surface area contributed by atoms with Crippen LogP contribution in [0.4, 0.5) is 0 Å². The Bertz CT molecular complexity index is 692. The number of amides is 1. The number of piperidine rings is 1. The van der Waals surface area contributed by atoms with E-state index in [2.05, 4.69) is 20.2 Å². The Morgan fingerprint density at radius 1 is 1.20 bits per heavy atom. The molecule has 2 unspecified atom stereocenters. The second kappa shape index (κ2) is 4.38. The Labute approximate surface area is 121 Å². The van der Waals surface area contributed by atoms with Gasteiger partial charge in [-0.25, -0.2) is 0 Å². The van der Waals surface area contributed by atoms with Crippen molar-refractivity contribution < 1.29 is 4.79 Å². The monoisotopic (exact) mass is 285 g/mol. The van der Waals surface area contributed by atoms with Crippen molar-refractivity contribution in [1.82, 2.24) is 13.6 Å². The number of aromatic nitrogens is 2. The largest absolute Gasteiger partial charge is 0.332 e. The van der Waals surface area contributed by atoms with E-state index in [1.54, 1.807) is 0 Å². The van der Waals surface area contributed by atoms with Crippen LogP contribution in [-0.2, 0) is 0 Å². The lowest BCUT2D eigenvalue weighted by Gasteiger charge is -2.36. The minimum Gasteiger partial charge on any atom is -0.332 e. The molecule has 2 aliphatic heterocycles. The molecule has 2 saturated heterocycles. The fraction of sp³-hybridized carbons (Fsp3) is 0.400. The van der Waals surface area contributed by atoms with Crippen molar-refractivity contribution >= 4 is 28.7 Å². The molecular formula is C15H15N3OS. The molecule has 4 nitrogen and oxygen atoms in total. The summed E-state index contributed by atoms with van der Waals surface area (Å²) in [4.78, 5) is 14.9. The lowest BCUT2D eigenvalue weighted by molar-refractivity contribution is 0.0635. The minimum absolute atomic E-state index is 0.139. The van der Waals surface area contributed by atoms with Crippen LogP contribution in [0.2, 0.25) is 0 Å². The van der Waals surface area contributed by atoms with E-state index in [1.165, 1.54) is 17.3 Å². The number of fused-ring (bicyclic) bond motifs is 3. The lowest BCUT2D eigenvalue weighted by Crippen LogP contribution is -2.44. The quantitative estimate of drug-likeness (QED) is 0.757. The van der Waals surface area contributed by atoms with E-state index >= 15 is 0 Å². The molecular weight excluding hydrogens is 270 g/mol. The number of hydrogen-bond acceptors (Lipinski definition) is 4. The van der Waals surface area contributed by atoms with Gasteiger partial charge in [0, 0.05) is 17.6 Å². The molecule has 0 N–H and O–H groups in total. The van der Waals surface area contributed by atoms with Crippen LogP contribution in [0, 0.1) is 0 Å². The van der Waals surface area contributed by atoms with E-state index in [0.29, 0.717) is 12.1 Å². The third-order valence-corrected chi connectivity index (χ3v) is 4.96. The molecule has 0 spiro atoms. The first-order chi connectivity index (χ1) is 9.72. The lowest BCUT2D eigenvalue weighted by atomic mass is 9.97. The van der Waals surface area contributed by atoms with Gasteiger partial charge in [-0.05, 0) is 43.9 Å². The van der Waals surface area contributed by atoms with Crippen molar-refractivity contribution in [2.24, 2.45) is 0 Å². The van der Waals surface area contributed by atoms with Gasteiger partial charge in [0.2, 0.25) is 0 Å². The molecule has 2 fully saturated rings. The van der Waals surface area contributed by atoms with Crippen LogP contribution < -0.4 is 0 Å². The van der Waals surface area contributed by atoms with Crippen LogP contribution in [0.3, 0.4) is 0 Å². The van der Waals surface area contributed by atoms with Crippen LogP contribution in [0.25, 0.3) is 11.0 Å². The first-order valence-electron chi connectivity index (χ1n) is 6.94. The third kappa shape index (κ3) is 1.77. The molecule has 102 valence electrons. The molecule has 1 amide bonds. The Morgan fingerprint density at radius 2 is 1.90 bits per heavy atom. The van der Waals surface area contributed by atoms with Crippen molar-refractivity contribution in [2.45, 2.75) is 37.8 Å². The zero-order valence-corrected chi connectivity index (χ0v) is 11.9. The second-order valence-electron chi connectivity index (χ2n) is 5.72. The van der Waals surface area contributed by atoms with Crippen molar-refractivity contribution in [3.05, 3.63) is 35.9 Å². The van der Waals surface area contributed by atoms with Gasteiger partial charge in [-0.15, -0.1) is 0 Å². The molecule has 4 rings (SSSR count). The van der Waals surface area contributed by atoms with E-state index < -0.39 is 0 Å². The van der Waals surface area contributed by atoms with Crippen LogP contribution >= 0.6 is 11.7 Å². The van der Waals surface area contributed by atoms with Gasteiger partial charge in [-0.1, -0.05) is 12.2 Å². The molecule has 0 saturated carbocycles. The third-order valence-electron chi connectivity index (χ3n) is 4.40. The summed E-state index contributed by atoms with van der Waals surface area (Å²) in [5.41, 5.74) is 3.70. The molecule has 1 aromatic heterocycles. The highest BCUT2D eigenvalue weighted by molar-refractivity contribution is 7.00.